The summed E-state index contributed by atoms with van der Waals surface area (Å²) in [6, 6.07) is 0. The smallest absolute Gasteiger partial charge is 0.330 e. The summed E-state index contributed by atoms with van der Waals surface area (Å²) < 4.78 is 0. The topological polar surface area (TPSA) is 38.3 Å². The highest BCUT2D eigenvalue weighted by molar-refractivity contribution is 5.75. The summed E-state index contributed by atoms with van der Waals surface area (Å²) in [6.07, 6.45) is 10.7. The molecule has 1 saturated carbocycles. The molecule has 0 spiro atoms. The third-order valence-electron chi connectivity index (χ3n) is 2.93. The number of hydrogen-bond acceptors (Lipinski definition) is 3. The number of hydroxylamine groups is 1. The van der Waals surface area contributed by atoms with Crippen LogP contribution in [0.1, 0.15) is 52.9 Å². The van der Waals surface area contributed by atoms with Crippen LogP contribution >= 0.6 is 0 Å². The first-order valence-electron chi connectivity index (χ1n) is 5.86. The Bertz CT molecular complexity index is 290. The molecule has 0 saturated heterocycles. The van der Waals surface area contributed by atoms with E-state index in [9.17, 15) is 4.79 Å². The Morgan fingerprint density at radius 2 is 1.88 bits per heavy atom. The van der Waals surface area contributed by atoms with Gasteiger partial charge in [0.2, 0.25) is 0 Å². The molecule has 0 aromatic rings. The fourth-order valence-corrected chi connectivity index (χ4v) is 1.73. The van der Waals surface area contributed by atoms with Crippen molar-refractivity contribution in [2.45, 2.75) is 58.4 Å². The first-order valence-corrected chi connectivity index (χ1v) is 5.86. The first kappa shape index (κ1) is 13.1. The van der Waals surface area contributed by atoms with Crippen LogP contribution in [0.5, 0.6) is 0 Å². The minimum atomic E-state index is -0.503. The van der Waals surface area contributed by atoms with Crippen LogP contribution in [0.15, 0.2) is 0 Å². The number of hydrogen-bond donors (Lipinski definition) is 1. The fourth-order valence-electron chi connectivity index (χ4n) is 1.73. The molecule has 0 unspecified atom stereocenters. The molecule has 1 fully saturated rings. The van der Waals surface area contributed by atoms with Crippen molar-refractivity contribution in [1.82, 2.24) is 5.48 Å². The van der Waals surface area contributed by atoms with Crippen LogP contribution in [0.4, 0.5) is 0 Å². The van der Waals surface area contributed by atoms with Gasteiger partial charge in [0.15, 0.2) is 0 Å². The molecular weight excluding hydrogens is 202 g/mol. The average Bonchev–Trinajstić information content (AvgIpc) is 2.26. The highest BCUT2D eigenvalue weighted by Crippen LogP contribution is 2.28. The molecule has 1 aliphatic rings. The summed E-state index contributed by atoms with van der Waals surface area (Å²) in [5, 5.41) is 0. The van der Waals surface area contributed by atoms with E-state index in [0.29, 0.717) is 0 Å². The average molecular weight is 223 g/mol. The Kier molecular flexibility index (Phi) is 3.98. The van der Waals surface area contributed by atoms with Gasteiger partial charge in [-0.3, -0.25) is 0 Å². The molecule has 0 aliphatic heterocycles. The third kappa shape index (κ3) is 3.24. The molecular formula is C13H21NO2. The number of nitrogens with one attached hydrogen (secondary N) is 1. The maximum Gasteiger partial charge on any atom is 0.330 e. The molecule has 1 N–H and O–H groups in total. The van der Waals surface area contributed by atoms with E-state index >= 15 is 0 Å². The van der Waals surface area contributed by atoms with Crippen molar-refractivity contribution >= 4 is 5.97 Å². The highest BCUT2D eigenvalue weighted by atomic mass is 16.7. The minimum absolute atomic E-state index is 0.271. The van der Waals surface area contributed by atoms with E-state index in [-0.39, 0.29) is 5.97 Å². The summed E-state index contributed by atoms with van der Waals surface area (Å²) in [6.45, 7) is 5.46. The summed E-state index contributed by atoms with van der Waals surface area (Å²) >= 11 is 0. The van der Waals surface area contributed by atoms with Gasteiger partial charge in [0.1, 0.15) is 5.54 Å². The van der Waals surface area contributed by atoms with E-state index in [2.05, 4.69) is 11.4 Å². The molecule has 1 rings (SSSR count). The Balaban J connectivity index is 2.52. The molecule has 3 heteroatoms. The van der Waals surface area contributed by atoms with E-state index < -0.39 is 11.0 Å². The molecule has 0 aromatic carbocycles. The van der Waals surface area contributed by atoms with Crippen LogP contribution in [-0.4, -0.2) is 11.5 Å². The number of rotatable bonds is 2. The van der Waals surface area contributed by atoms with Crippen molar-refractivity contribution in [1.29, 1.82) is 0 Å². The predicted octanol–water partition coefficient (Wildman–Crippen LogP) is 2.42. The zero-order valence-corrected chi connectivity index (χ0v) is 10.4. The van der Waals surface area contributed by atoms with E-state index in [4.69, 9.17) is 11.3 Å². The van der Waals surface area contributed by atoms with Gasteiger partial charge in [-0.15, -0.1) is 11.9 Å². The van der Waals surface area contributed by atoms with E-state index in [1.54, 1.807) is 0 Å². The lowest BCUT2D eigenvalue weighted by atomic mass is 9.83. The van der Waals surface area contributed by atoms with Gasteiger partial charge < -0.3 is 4.84 Å². The van der Waals surface area contributed by atoms with Crippen LogP contribution in [0.2, 0.25) is 0 Å². The van der Waals surface area contributed by atoms with Crippen LogP contribution in [-0.2, 0) is 9.63 Å². The van der Waals surface area contributed by atoms with Gasteiger partial charge in [0.25, 0.3) is 0 Å². The molecule has 0 atom stereocenters. The van der Waals surface area contributed by atoms with Gasteiger partial charge in [-0.05, 0) is 33.6 Å². The zero-order chi connectivity index (χ0) is 12.2. The van der Waals surface area contributed by atoms with Crippen molar-refractivity contribution in [3.8, 4) is 12.3 Å². The van der Waals surface area contributed by atoms with Gasteiger partial charge in [-0.2, -0.15) is 0 Å². The Hall–Kier alpha value is -1.01. The number of carbonyl (C=O) groups excluding carboxylic acids is 1. The maximum absolute atomic E-state index is 11.6. The fraction of sp³-hybridized carbons (Fsp3) is 0.769. The summed E-state index contributed by atoms with van der Waals surface area (Å²) in [4.78, 5) is 16.7. The Labute approximate surface area is 97.9 Å². The number of carbonyl (C=O) groups is 1. The van der Waals surface area contributed by atoms with Gasteiger partial charge >= 0.3 is 5.97 Å². The van der Waals surface area contributed by atoms with Gasteiger partial charge in [0, 0.05) is 0 Å². The standard InChI is InChI=1S/C13H21NO2/c1-5-13(9-7-6-8-10-13)14-16-11(15)12(2,3)4/h1,14H,6-10H2,2-4H3. The minimum Gasteiger partial charge on any atom is -0.369 e. The van der Waals surface area contributed by atoms with Crippen LogP contribution in [0, 0.1) is 17.8 Å². The van der Waals surface area contributed by atoms with Crippen molar-refractivity contribution in [3.05, 3.63) is 0 Å². The van der Waals surface area contributed by atoms with Crippen molar-refractivity contribution in [3.63, 3.8) is 0 Å². The molecule has 16 heavy (non-hydrogen) atoms. The molecule has 0 amide bonds. The lowest BCUT2D eigenvalue weighted by molar-refractivity contribution is -0.165. The second-order valence-corrected chi connectivity index (χ2v) is 5.53. The predicted molar refractivity (Wildman–Crippen MR) is 63.3 cm³/mol. The maximum atomic E-state index is 11.6. The van der Waals surface area contributed by atoms with Crippen molar-refractivity contribution in [2.75, 3.05) is 0 Å². The largest absolute Gasteiger partial charge is 0.369 e. The summed E-state index contributed by atoms with van der Waals surface area (Å²) in [5.41, 5.74) is 1.86. The second-order valence-electron chi connectivity index (χ2n) is 5.53. The van der Waals surface area contributed by atoms with Crippen LogP contribution in [0.25, 0.3) is 0 Å². The molecule has 90 valence electrons. The lowest BCUT2D eigenvalue weighted by Gasteiger charge is -2.33. The van der Waals surface area contributed by atoms with Gasteiger partial charge in [-0.1, -0.05) is 25.2 Å². The summed E-state index contributed by atoms with van der Waals surface area (Å²) in [5.74, 6) is 2.47. The van der Waals surface area contributed by atoms with Crippen molar-refractivity contribution in [2.24, 2.45) is 5.41 Å². The normalized spacial score (nSPS) is 19.9. The molecule has 0 radical (unpaired) electrons. The second kappa shape index (κ2) is 4.88. The van der Waals surface area contributed by atoms with E-state index in [1.165, 1.54) is 6.42 Å². The SMILES string of the molecule is C#CC1(NOC(=O)C(C)(C)C)CCCCC1. The molecule has 3 nitrogen and oxygen atoms in total. The van der Waals surface area contributed by atoms with Gasteiger partial charge in [-0.25, -0.2) is 4.79 Å². The van der Waals surface area contributed by atoms with Crippen molar-refractivity contribution < 1.29 is 9.63 Å². The zero-order valence-electron chi connectivity index (χ0n) is 10.4. The van der Waals surface area contributed by atoms with Crippen LogP contribution in [0.3, 0.4) is 0 Å². The van der Waals surface area contributed by atoms with E-state index in [0.717, 1.165) is 25.7 Å². The monoisotopic (exact) mass is 223 g/mol. The van der Waals surface area contributed by atoms with Gasteiger partial charge in [0.05, 0.1) is 5.41 Å². The highest BCUT2D eigenvalue weighted by Gasteiger charge is 2.33. The van der Waals surface area contributed by atoms with E-state index in [1.807, 2.05) is 20.8 Å². The van der Waals surface area contributed by atoms with Crippen LogP contribution < -0.4 is 5.48 Å². The number of terminal acetylenes is 1. The Morgan fingerprint density at radius 1 is 1.31 bits per heavy atom. The third-order valence-corrected chi connectivity index (χ3v) is 2.93. The first-order chi connectivity index (χ1) is 7.40. The quantitative estimate of drug-likeness (QED) is 0.577. The molecule has 0 aromatic heterocycles. The lowest BCUT2D eigenvalue weighted by Crippen LogP contribution is -2.47. The molecule has 0 bridgehead atoms. The molecule has 0 heterocycles. The summed E-state index contributed by atoms with van der Waals surface area (Å²) in [7, 11) is 0. The molecule has 1 aliphatic carbocycles. The Morgan fingerprint density at radius 3 is 2.31 bits per heavy atom.